The lowest BCUT2D eigenvalue weighted by Gasteiger charge is -2.32. The fraction of sp³-hybridized carbons (Fsp3) is 0.385. The van der Waals surface area contributed by atoms with E-state index in [1.54, 1.807) is 10.7 Å². The van der Waals surface area contributed by atoms with E-state index in [-0.39, 0.29) is 12.2 Å². The molecule has 1 aliphatic heterocycles. The summed E-state index contributed by atoms with van der Waals surface area (Å²) in [6.45, 7) is 7.76. The van der Waals surface area contributed by atoms with E-state index >= 15 is 0 Å². The first-order valence-electron chi connectivity index (χ1n) is 17.6. The van der Waals surface area contributed by atoms with Gasteiger partial charge in [-0.2, -0.15) is 5.10 Å². The molecule has 4 N–H and O–H groups in total. The van der Waals surface area contributed by atoms with Crippen molar-refractivity contribution >= 4 is 56.2 Å². The smallest absolute Gasteiger partial charge is 0.321 e. The van der Waals surface area contributed by atoms with E-state index in [4.69, 9.17) is 26.8 Å². The van der Waals surface area contributed by atoms with Crippen LogP contribution in [0.25, 0.3) is 32.3 Å². The van der Waals surface area contributed by atoms with Gasteiger partial charge < -0.3 is 25.2 Å². The fourth-order valence-corrected chi connectivity index (χ4v) is 7.48. The number of halogens is 2. The molecule has 0 spiro atoms. The van der Waals surface area contributed by atoms with Crippen LogP contribution < -0.4 is 20.5 Å². The molecule has 2 heterocycles. The second-order valence-electron chi connectivity index (χ2n) is 13.7. The first kappa shape index (κ1) is 35.0. The molecule has 12 heteroatoms. The largest absolute Gasteiger partial charge is 0.493 e. The Balaban J connectivity index is 1.26. The number of likely N-dealkylation sites (N-methyl/N-ethyl adjacent to an activating group) is 1. The Morgan fingerprint density at radius 2 is 1.80 bits per heavy atom. The number of fused-ring (bicyclic) bond motifs is 6. The van der Waals surface area contributed by atoms with Gasteiger partial charge in [-0.1, -0.05) is 35.9 Å². The van der Waals surface area contributed by atoms with Crippen LogP contribution in [0.15, 0.2) is 65.9 Å². The Morgan fingerprint density at radius 1 is 1.04 bits per heavy atom. The number of nitrogens with one attached hydrogen (secondary N) is 1. The molecule has 7 rings (SSSR count). The van der Waals surface area contributed by atoms with Gasteiger partial charge in [0, 0.05) is 67.5 Å². The van der Waals surface area contributed by atoms with Crippen molar-refractivity contribution in [3.63, 3.8) is 0 Å². The second-order valence-corrected chi connectivity index (χ2v) is 14.1. The number of rotatable bonds is 14. The van der Waals surface area contributed by atoms with Crippen molar-refractivity contribution in [1.82, 2.24) is 19.8 Å². The molecule has 1 aromatic heterocycles. The summed E-state index contributed by atoms with van der Waals surface area (Å²) in [4.78, 5) is 17.4. The molecule has 10 nitrogen and oxygen atoms in total. The summed E-state index contributed by atoms with van der Waals surface area (Å²) in [5.41, 5.74) is 7.34. The Bertz CT molecular complexity index is 2090. The van der Waals surface area contributed by atoms with E-state index in [1.165, 1.54) is 18.5 Å². The van der Waals surface area contributed by atoms with Gasteiger partial charge in [0.15, 0.2) is 0 Å². The van der Waals surface area contributed by atoms with Crippen LogP contribution in [0.3, 0.4) is 0 Å². The highest BCUT2D eigenvalue weighted by atomic mass is 35.5. The molecule has 1 saturated heterocycles. The predicted octanol–water partition coefficient (Wildman–Crippen LogP) is 6.25. The van der Waals surface area contributed by atoms with E-state index in [0.717, 1.165) is 72.7 Å². The molecule has 2 aliphatic rings. The van der Waals surface area contributed by atoms with Crippen LogP contribution in [0.5, 0.6) is 11.5 Å². The van der Waals surface area contributed by atoms with E-state index in [0.29, 0.717) is 52.1 Å². The standard InChI is InChI=1S/C39H44ClFN6O4/c1-24(44-32(39(48)49)19-26-5-3-4-6-33(26)51-22-25-7-8-25)38-36-29-11-12-34(50-18-17-46-15-13-45(2)14-16-46)37(40)35(29)30-20-27(41)9-10-28(30)31(36)21-47(38)43-23-42/h3-6,9-12,20-21,23-25,32,44H,7-8,13-19,22H2,1-2H3,(H2,42,43)(H,48,49)/t24?,32-/m0/s1. The Labute approximate surface area is 301 Å². The average Bonchev–Trinajstić information content (AvgIpc) is 3.87. The number of ether oxygens (including phenoxy) is 2. The van der Waals surface area contributed by atoms with Gasteiger partial charge in [-0.15, -0.1) is 0 Å². The van der Waals surface area contributed by atoms with Crippen molar-refractivity contribution in [3.05, 3.63) is 82.9 Å². The summed E-state index contributed by atoms with van der Waals surface area (Å²) in [5, 5.41) is 23.0. The maximum atomic E-state index is 14.9. The van der Waals surface area contributed by atoms with E-state index in [1.807, 2.05) is 49.5 Å². The zero-order valence-corrected chi connectivity index (χ0v) is 29.7. The monoisotopic (exact) mass is 714 g/mol. The Morgan fingerprint density at radius 3 is 2.55 bits per heavy atom. The number of benzene rings is 4. The van der Waals surface area contributed by atoms with Gasteiger partial charge in [0.2, 0.25) is 0 Å². The normalized spacial score (nSPS) is 17.1. The summed E-state index contributed by atoms with van der Waals surface area (Å²) in [6, 6.07) is 14.6. The minimum atomic E-state index is -0.990. The first-order valence-corrected chi connectivity index (χ1v) is 18.0. The van der Waals surface area contributed by atoms with E-state index in [9.17, 15) is 14.3 Å². The summed E-state index contributed by atoms with van der Waals surface area (Å²) in [5.74, 6) is 0.407. The number of nitrogens with two attached hydrogens (primary N) is 1. The number of carboxylic acid groups (broad SMARTS) is 1. The molecule has 4 aromatic carbocycles. The lowest BCUT2D eigenvalue weighted by molar-refractivity contribution is -0.139. The topological polar surface area (TPSA) is 118 Å². The van der Waals surface area contributed by atoms with Crippen LogP contribution in [0, 0.1) is 11.7 Å². The summed E-state index contributed by atoms with van der Waals surface area (Å²) in [7, 11) is 2.13. The zero-order chi connectivity index (χ0) is 35.6. The Kier molecular flexibility index (Phi) is 10.3. The molecule has 2 fully saturated rings. The minimum absolute atomic E-state index is 0.211. The number of aliphatic carboxylic acids is 1. The quantitative estimate of drug-likeness (QED) is 0.0702. The lowest BCUT2D eigenvalue weighted by Crippen LogP contribution is -2.45. The van der Waals surface area contributed by atoms with Crippen molar-refractivity contribution in [2.75, 3.05) is 53.0 Å². The molecule has 1 aliphatic carbocycles. The van der Waals surface area contributed by atoms with Crippen molar-refractivity contribution in [3.8, 4) is 11.5 Å². The summed E-state index contributed by atoms with van der Waals surface area (Å²) < 4.78 is 28.9. The third kappa shape index (κ3) is 7.48. The maximum Gasteiger partial charge on any atom is 0.321 e. The number of nitrogens with zero attached hydrogens (tertiary/aromatic N) is 4. The SMILES string of the molecule is CC(N[C@@H](Cc1ccccc1OCC1CC1)C(=O)O)c1c2c(cn1/N=C\N)c1ccc(F)cc1c1c(Cl)c(OCCN3CCN(C)CC3)ccc12. The molecule has 0 amide bonds. The van der Waals surface area contributed by atoms with Crippen molar-refractivity contribution in [2.24, 2.45) is 16.8 Å². The van der Waals surface area contributed by atoms with Gasteiger partial charge in [0.25, 0.3) is 0 Å². The molecular weight excluding hydrogens is 671 g/mol. The molecule has 1 saturated carbocycles. The molecule has 1 unspecified atom stereocenters. The highest BCUT2D eigenvalue weighted by Gasteiger charge is 2.28. The third-order valence-electron chi connectivity index (χ3n) is 10.1. The molecular formula is C39H44ClFN6O4. The number of aromatic nitrogens is 1. The van der Waals surface area contributed by atoms with Gasteiger partial charge >= 0.3 is 5.97 Å². The molecule has 2 atom stereocenters. The first-order chi connectivity index (χ1) is 24.7. The molecule has 0 radical (unpaired) electrons. The van der Waals surface area contributed by atoms with Crippen LogP contribution >= 0.6 is 11.6 Å². The lowest BCUT2D eigenvalue weighted by atomic mass is 9.94. The van der Waals surface area contributed by atoms with Crippen molar-refractivity contribution in [2.45, 2.75) is 38.3 Å². The van der Waals surface area contributed by atoms with Crippen molar-refractivity contribution in [1.29, 1.82) is 0 Å². The van der Waals surface area contributed by atoms with Gasteiger partial charge in [-0.25, -0.2) is 9.07 Å². The van der Waals surface area contributed by atoms with E-state index < -0.39 is 18.1 Å². The fourth-order valence-electron chi connectivity index (χ4n) is 7.16. The number of piperazine rings is 1. The van der Waals surface area contributed by atoms with Gasteiger partial charge in [0.05, 0.1) is 17.3 Å². The van der Waals surface area contributed by atoms with Crippen molar-refractivity contribution < 1.29 is 23.8 Å². The maximum absolute atomic E-state index is 14.9. The second kappa shape index (κ2) is 15.1. The van der Waals surface area contributed by atoms with Gasteiger partial charge in [-0.05, 0) is 84.8 Å². The number of carbonyl (C=O) groups is 1. The number of para-hydroxylation sites is 1. The van der Waals surface area contributed by atoms with Crippen LogP contribution in [0.4, 0.5) is 4.39 Å². The highest BCUT2D eigenvalue weighted by Crippen LogP contribution is 2.45. The van der Waals surface area contributed by atoms with E-state index in [2.05, 4.69) is 27.3 Å². The number of carboxylic acids is 1. The minimum Gasteiger partial charge on any atom is -0.493 e. The summed E-state index contributed by atoms with van der Waals surface area (Å²) in [6.07, 6.45) is 5.57. The van der Waals surface area contributed by atoms with Gasteiger partial charge in [0.1, 0.15) is 36.3 Å². The molecule has 268 valence electrons. The Hall–Kier alpha value is -4.42. The summed E-state index contributed by atoms with van der Waals surface area (Å²) >= 11 is 7.16. The van der Waals surface area contributed by atoms with Crippen LogP contribution in [0.2, 0.25) is 5.02 Å². The van der Waals surface area contributed by atoms with Gasteiger partial charge in [-0.3, -0.25) is 15.0 Å². The highest BCUT2D eigenvalue weighted by molar-refractivity contribution is 6.42. The van der Waals surface area contributed by atoms with Crippen LogP contribution in [-0.2, 0) is 11.2 Å². The average molecular weight is 715 g/mol. The zero-order valence-electron chi connectivity index (χ0n) is 28.9. The number of hydrogen-bond donors (Lipinski definition) is 3. The molecule has 0 bridgehead atoms. The third-order valence-corrected chi connectivity index (χ3v) is 10.5. The van der Waals surface area contributed by atoms with Crippen LogP contribution in [-0.4, -0.2) is 90.9 Å². The number of hydrogen-bond acceptors (Lipinski definition) is 7. The molecule has 51 heavy (non-hydrogen) atoms. The predicted molar refractivity (Wildman–Crippen MR) is 201 cm³/mol. The van der Waals surface area contributed by atoms with Crippen LogP contribution in [0.1, 0.15) is 37.1 Å². The molecule has 5 aromatic rings.